The summed E-state index contributed by atoms with van der Waals surface area (Å²) in [5.41, 5.74) is 1.58. The molecule has 36 heavy (non-hydrogen) atoms. The van der Waals surface area contributed by atoms with Crippen LogP contribution in [0.3, 0.4) is 0 Å². The fourth-order valence-electron chi connectivity index (χ4n) is 4.11. The van der Waals surface area contributed by atoms with Crippen LogP contribution < -0.4 is 4.90 Å². The van der Waals surface area contributed by atoms with Crippen molar-refractivity contribution in [3.8, 4) is 0 Å². The summed E-state index contributed by atoms with van der Waals surface area (Å²) in [6, 6.07) is 25.4. The van der Waals surface area contributed by atoms with Crippen molar-refractivity contribution < 1.29 is 18.3 Å². The van der Waals surface area contributed by atoms with E-state index in [9.17, 15) is 13.5 Å². The number of aliphatic hydroxyl groups is 1. The first-order chi connectivity index (χ1) is 17.2. The number of para-hydroxylation sites is 1. The molecule has 2 heterocycles. The topological polar surface area (TPSA) is 92.1 Å². The van der Waals surface area contributed by atoms with Gasteiger partial charge in [-0.1, -0.05) is 35.9 Å². The number of hydrogen-bond acceptors (Lipinski definition) is 7. The van der Waals surface area contributed by atoms with Gasteiger partial charge in [-0.15, -0.1) is 0 Å². The van der Waals surface area contributed by atoms with Crippen LogP contribution in [0.25, 0.3) is 10.9 Å². The molecule has 0 amide bonds. The molecule has 0 radical (unpaired) electrons. The van der Waals surface area contributed by atoms with Crippen LogP contribution in [-0.2, 0) is 21.2 Å². The number of pyridine rings is 1. The molecular formula is C27H24ClN3O4S. The first-order valence-electron chi connectivity index (χ1n) is 11.3. The minimum Gasteiger partial charge on any atom is -0.370 e. The van der Waals surface area contributed by atoms with Gasteiger partial charge < -0.3 is 14.7 Å². The molecule has 1 N–H and O–H groups in total. The summed E-state index contributed by atoms with van der Waals surface area (Å²) in [4.78, 5) is 11.3. The Hall–Kier alpha value is -3.30. The monoisotopic (exact) mass is 521 g/mol. The lowest BCUT2D eigenvalue weighted by molar-refractivity contribution is -0.0351. The lowest BCUT2D eigenvalue weighted by Gasteiger charge is -2.24. The van der Waals surface area contributed by atoms with E-state index in [1.165, 1.54) is 12.1 Å². The summed E-state index contributed by atoms with van der Waals surface area (Å²) in [5.74, 6) is 0.507. The third kappa shape index (κ3) is 5.27. The minimum absolute atomic E-state index is 0.0451. The average molecular weight is 522 g/mol. The Balaban J connectivity index is 1.39. The Bertz CT molecular complexity index is 1540. The number of rotatable bonds is 7. The van der Waals surface area contributed by atoms with Crippen LogP contribution in [0.5, 0.6) is 0 Å². The van der Waals surface area contributed by atoms with Crippen molar-refractivity contribution in [1.82, 2.24) is 4.98 Å². The van der Waals surface area contributed by atoms with Crippen molar-refractivity contribution in [2.24, 2.45) is 4.99 Å². The number of ether oxygens (including phenoxy) is 1. The Labute approximate surface area is 214 Å². The molecule has 1 aliphatic heterocycles. The Morgan fingerprint density at radius 3 is 2.44 bits per heavy atom. The van der Waals surface area contributed by atoms with Gasteiger partial charge >= 0.3 is 0 Å². The largest absolute Gasteiger partial charge is 0.370 e. The van der Waals surface area contributed by atoms with Crippen LogP contribution in [0, 0.1) is 0 Å². The molecule has 1 unspecified atom stereocenters. The maximum Gasteiger partial charge on any atom is 0.200 e. The van der Waals surface area contributed by atoms with Gasteiger partial charge in [0, 0.05) is 27.9 Å². The standard InChI is InChI=1S/C27H24ClN3O4S/c1-36(33,34)24-14-7-20(8-15-24)26-30-27(32,17-31(26)23-12-9-21(28)10-13-23)18-35-16-22-11-6-19-4-2-3-5-25(19)29-22/h2-15,32H,16-18H2,1H3. The number of halogens is 1. The molecule has 0 bridgehead atoms. The molecule has 0 aliphatic carbocycles. The van der Waals surface area contributed by atoms with Crippen LogP contribution >= 0.6 is 11.6 Å². The van der Waals surface area contributed by atoms with Gasteiger partial charge in [-0.2, -0.15) is 0 Å². The molecule has 1 aliphatic rings. The van der Waals surface area contributed by atoms with Crippen LogP contribution in [-0.4, -0.2) is 49.5 Å². The predicted molar refractivity (Wildman–Crippen MR) is 141 cm³/mol. The summed E-state index contributed by atoms with van der Waals surface area (Å²) in [5, 5.41) is 13.0. The van der Waals surface area contributed by atoms with Crippen LogP contribution in [0.2, 0.25) is 5.02 Å². The quantitative estimate of drug-likeness (QED) is 0.386. The molecule has 1 atom stereocenters. The van der Waals surface area contributed by atoms with E-state index in [4.69, 9.17) is 16.3 Å². The molecule has 9 heteroatoms. The number of hydrogen-bond donors (Lipinski definition) is 1. The highest BCUT2D eigenvalue weighted by molar-refractivity contribution is 7.90. The van der Waals surface area contributed by atoms with E-state index in [1.807, 2.05) is 53.4 Å². The van der Waals surface area contributed by atoms with Crippen molar-refractivity contribution in [1.29, 1.82) is 0 Å². The van der Waals surface area contributed by atoms with E-state index in [1.54, 1.807) is 24.3 Å². The highest BCUT2D eigenvalue weighted by Gasteiger charge is 2.39. The first kappa shape index (κ1) is 24.4. The number of sulfone groups is 1. The van der Waals surface area contributed by atoms with Gasteiger partial charge in [-0.05, 0) is 60.7 Å². The smallest absolute Gasteiger partial charge is 0.200 e. The number of aromatic nitrogens is 1. The summed E-state index contributed by atoms with van der Waals surface area (Å²) in [6.45, 7) is 0.335. The van der Waals surface area contributed by atoms with Gasteiger partial charge in [-0.3, -0.25) is 4.98 Å². The summed E-state index contributed by atoms with van der Waals surface area (Å²) >= 11 is 6.07. The number of β-amino-alcohol motifs (C(OH)–C–C–N with tert-alkyl or cyclic N) is 1. The normalized spacial score (nSPS) is 18.0. The maximum atomic E-state index is 11.9. The van der Waals surface area contributed by atoms with E-state index in [0.29, 0.717) is 16.4 Å². The predicted octanol–water partition coefficient (Wildman–Crippen LogP) is 4.46. The molecule has 0 spiro atoms. The highest BCUT2D eigenvalue weighted by atomic mass is 35.5. The average Bonchev–Trinajstić information content (AvgIpc) is 3.21. The fourth-order valence-corrected chi connectivity index (χ4v) is 4.87. The Morgan fingerprint density at radius 1 is 1.00 bits per heavy atom. The van der Waals surface area contributed by atoms with Gasteiger partial charge in [0.2, 0.25) is 0 Å². The number of benzene rings is 3. The number of aliphatic imine (C=N–C) groups is 1. The Morgan fingerprint density at radius 2 is 1.72 bits per heavy atom. The zero-order valence-electron chi connectivity index (χ0n) is 19.5. The summed E-state index contributed by atoms with van der Waals surface area (Å²) in [6.07, 6.45) is 1.16. The van der Waals surface area contributed by atoms with E-state index in [2.05, 4.69) is 9.98 Å². The third-order valence-electron chi connectivity index (χ3n) is 5.90. The number of fused-ring (bicyclic) bond motifs is 1. The number of nitrogens with zero attached hydrogens (tertiary/aromatic N) is 3. The van der Waals surface area contributed by atoms with Gasteiger partial charge in [0.25, 0.3) is 0 Å². The maximum absolute atomic E-state index is 11.9. The molecule has 7 nitrogen and oxygen atoms in total. The van der Waals surface area contributed by atoms with Crippen molar-refractivity contribution in [2.45, 2.75) is 17.2 Å². The van der Waals surface area contributed by atoms with Crippen molar-refractivity contribution in [3.05, 3.63) is 101 Å². The third-order valence-corrected chi connectivity index (χ3v) is 7.28. The zero-order valence-corrected chi connectivity index (χ0v) is 21.1. The second-order valence-electron chi connectivity index (χ2n) is 8.77. The van der Waals surface area contributed by atoms with Crippen LogP contribution in [0.15, 0.2) is 94.8 Å². The molecule has 5 rings (SSSR count). The molecule has 0 saturated heterocycles. The van der Waals surface area contributed by atoms with Gasteiger partial charge in [0.05, 0.1) is 35.9 Å². The van der Waals surface area contributed by atoms with E-state index in [0.717, 1.165) is 28.5 Å². The SMILES string of the molecule is CS(=O)(=O)c1ccc(C2=NC(O)(COCc3ccc4ccccc4n3)CN2c2ccc(Cl)cc2)cc1. The molecule has 0 fully saturated rings. The van der Waals surface area contributed by atoms with Crippen molar-refractivity contribution in [3.63, 3.8) is 0 Å². The zero-order chi connectivity index (χ0) is 25.3. The molecule has 1 aromatic heterocycles. The second-order valence-corrected chi connectivity index (χ2v) is 11.2. The fraction of sp³-hybridized carbons (Fsp3) is 0.185. The van der Waals surface area contributed by atoms with Crippen LogP contribution in [0.1, 0.15) is 11.3 Å². The molecule has 3 aromatic carbocycles. The number of amidine groups is 1. The van der Waals surface area contributed by atoms with Gasteiger partial charge in [-0.25, -0.2) is 13.4 Å². The van der Waals surface area contributed by atoms with Crippen LogP contribution in [0.4, 0.5) is 5.69 Å². The van der Waals surface area contributed by atoms with Crippen molar-refractivity contribution >= 4 is 43.9 Å². The summed E-state index contributed by atoms with van der Waals surface area (Å²) in [7, 11) is -3.33. The summed E-state index contributed by atoms with van der Waals surface area (Å²) < 4.78 is 29.6. The highest BCUT2D eigenvalue weighted by Crippen LogP contribution is 2.30. The van der Waals surface area contributed by atoms with Gasteiger partial charge in [0.1, 0.15) is 5.84 Å². The minimum atomic E-state index is -3.33. The van der Waals surface area contributed by atoms with E-state index < -0.39 is 15.6 Å². The number of anilines is 1. The van der Waals surface area contributed by atoms with E-state index >= 15 is 0 Å². The first-order valence-corrected chi connectivity index (χ1v) is 13.6. The second kappa shape index (κ2) is 9.63. The molecule has 184 valence electrons. The van der Waals surface area contributed by atoms with Crippen molar-refractivity contribution in [2.75, 3.05) is 24.3 Å². The lowest BCUT2D eigenvalue weighted by atomic mass is 10.1. The van der Waals surface area contributed by atoms with Gasteiger partial charge in [0.15, 0.2) is 15.6 Å². The Kier molecular flexibility index (Phi) is 6.53. The molecular weight excluding hydrogens is 498 g/mol. The molecule has 4 aromatic rings. The van der Waals surface area contributed by atoms with E-state index in [-0.39, 0.29) is 24.7 Å². The molecule has 0 saturated carbocycles. The lowest BCUT2D eigenvalue weighted by Crippen LogP contribution is -2.39.